The van der Waals surface area contributed by atoms with Crippen LogP contribution in [-0.4, -0.2) is 9.97 Å². The van der Waals surface area contributed by atoms with E-state index >= 15 is 0 Å². The molecule has 1 aromatic carbocycles. The molecule has 0 atom stereocenters. The molecule has 0 bridgehead atoms. The van der Waals surface area contributed by atoms with Crippen LogP contribution in [0.2, 0.25) is 5.02 Å². The van der Waals surface area contributed by atoms with Gasteiger partial charge in [0.05, 0.1) is 10.7 Å². The van der Waals surface area contributed by atoms with E-state index in [4.69, 9.17) is 11.6 Å². The molecule has 0 amide bonds. The molecule has 0 saturated heterocycles. The van der Waals surface area contributed by atoms with E-state index in [9.17, 15) is 0 Å². The summed E-state index contributed by atoms with van der Waals surface area (Å²) in [7, 11) is 0. The highest BCUT2D eigenvalue weighted by Crippen LogP contribution is 2.23. The Bertz CT molecular complexity index is 495. The van der Waals surface area contributed by atoms with Crippen LogP contribution >= 0.6 is 24.0 Å². The highest BCUT2D eigenvalue weighted by Gasteiger charge is 2.02. The Balaban J connectivity index is 0.00000144. The molecule has 0 spiro atoms. The lowest BCUT2D eigenvalue weighted by Crippen LogP contribution is -2.00. The van der Waals surface area contributed by atoms with Gasteiger partial charge < -0.3 is 5.32 Å². The van der Waals surface area contributed by atoms with Gasteiger partial charge in [0, 0.05) is 11.4 Å². The monoisotopic (exact) mass is 269 g/mol. The standard InChI is InChI=1S/C12H12ClN3.ClH/c1-8-7-9(2)15-12(14-8)16-11-6-4-3-5-10(11)13;/h3-7H,1-2H3,(H,14,15,16);1H. The molecule has 1 aromatic heterocycles. The first-order valence-corrected chi connectivity index (χ1v) is 5.37. The van der Waals surface area contributed by atoms with Gasteiger partial charge in [0.15, 0.2) is 0 Å². The van der Waals surface area contributed by atoms with Crippen molar-refractivity contribution in [2.45, 2.75) is 13.8 Å². The Labute approximate surface area is 112 Å². The van der Waals surface area contributed by atoms with Crippen molar-refractivity contribution in [1.29, 1.82) is 0 Å². The lowest BCUT2D eigenvalue weighted by atomic mass is 10.3. The Hall–Kier alpha value is -1.32. The number of nitrogens with one attached hydrogen (secondary N) is 1. The number of hydrogen-bond acceptors (Lipinski definition) is 3. The molecule has 0 fully saturated rings. The van der Waals surface area contributed by atoms with Crippen LogP contribution in [0.5, 0.6) is 0 Å². The molecule has 2 aromatic rings. The number of rotatable bonds is 2. The molecule has 1 heterocycles. The fourth-order valence-electron chi connectivity index (χ4n) is 1.46. The molecule has 3 nitrogen and oxygen atoms in total. The summed E-state index contributed by atoms with van der Waals surface area (Å²) in [5, 5.41) is 3.76. The van der Waals surface area contributed by atoms with Crippen molar-refractivity contribution >= 4 is 35.6 Å². The van der Waals surface area contributed by atoms with Crippen molar-refractivity contribution < 1.29 is 0 Å². The minimum absolute atomic E-state index is 0. The van der Waals surface area contributed by atoms with E-state index in [0.717, 1.165) is 17.1 Å². The summed E-state index contributed by atoms with van der Waals surface area (Å²) in [6, 6.07) is 9.44. The van der Waals surface area contributed by atoms with Gasteiger partial charge in [0.2, 0.25) is 5.95 Å². The van der Waals surface area contributed by atoms with Gasteiger partial charge >= 0.3 is 0 Å². The van der Waals surface area contributed by atoms with Gasteiger partial charge in [-0.25, -0.2) is 9.97 Å². The van der Waals surface area contributed by atoms with Crippen molar-refractivity contribution in [2.24, 2.45) is 0 Å². The summed E-state index contributed by atoms with van der Waals surface area (Å²) in [5.41, 5.74) is 2.68. The fraction of sp³-hybridized carbons (Fsp3) is 0.167. The molecule has 1 N–H and O–H groups in total. The molecule has 90 valence electrons. The molecular weight excluding hydrogens is 257 g/mol. The second-order valence-corrected chi connectivity index (χ2v) is 3.99. The van der Waals surface area contributed by atoms with E-state index in [2.05, 4.69) is 15.3 Å². The molecular formula is C12H13Cl2N3. The van der Waals surface area contributed by atoms with E-state index in [1.54, 1.807) is 0 Å². The first-order chi connectivity index (χ1) is 7.65. The van der Waals surface area contributed by atoms with Crippen LogP contribution < -0.4 is 5.32 Å². The first kappa shape index (κ1) is 13.7. The molecule has 2 rings (SSSR count). The molecule has 0 aliphatic carbocycles. The van der Waals surface area contributed by atoms with Crippen LogP contribution in [0.3, 0.4) is 0 Å². The highest BCUT2D eigenvalue weighted by atomic mass is 35.5. The topological polar surface area (TPSA) is 37.8 Å². The van der Waals surface area contributed by atoms with Gasteiger partial charge in [0.1, 0.15) is 0 Å². The molecule has 0 aliphatic rings. The van der Waals surface area contributed by atoms with Gasteiger partial charge in [-0.05, 0) is 32.0 Å². The van der Waals surface area contributed by atoms with Crippen LogP contribution in [0.4, 0.5) is 11.6 Å². The van der Waals surface area contributed by atoms with E-state index in [0.29, 0.717) is 11.0 Å². The quantitative estimate of drug-likeness (QED) is 0.898. The smallest absolute Gasteiger partial charge is 0.227 e. The summed E-state index contributed by atoms with van der Waals surface area (Å²) in [4.78, 5) is 8.58. The van der Waals surface area contributed by atoms with E-state index < -0.39 is 0 Å². The van der Waals surface area contributed by atoms with Crippen LogP contribution in [0.25, 0.3) is 0 Å². The Kier molecular flexibility index (Phi) is 4.73. The number of anilines is 2. The van der Waals surface area contributed by atoms with Crippen molar-refractivity contribution in [3.8, 4) is 0 Å². The SMILES string of the molecule is Cc1cc(C)nc(Nc2ccccc2Cl)n1.Cl. The van der Waals surface area contributed by atoms with Crippen molar-refractivity contribution in [3.05, 3.63) is 46.7 Å². The number of aryl methyl sites for hydroxylation is 2. The first-order valence-electron chi connectivity index (χ1n) is 4.99. The van der Waals surface area contributed by atoms with Crippen molar-refractivity contribution in [1.82, 2.24) is 9.97 Å². The van der Waals surface area contributed by atoms with Gasteiger partial charge in [-0.1, -0.05) is 23.7 Å². The number of benzene rings is 1. The van der Waals surface area contributed by atoms with E-state index in [-0.39, 0.29) is 12.4 Å². The Morgan fingerprint density at radius 2 is 1.65 bits per heavy atom. The molecule has 0 aliphatic heterocycles. The molecule has 0 unspecified atom stereocenters. The summed E-state index contributed by atoms with van der Waals surface area (Å²) in [6.07, 6.45) is 0. The minimum atomic E-state index is 0. The maximum Gasteiger partial charge on any atom is 0.227 e. The third-order valence-electron chi connectivity index (χ3n) is 2.10. The number of para-hydroxylation sites is 1. The maximum atomic E-state index is 6.04. The number of hydrogen-bond donors (Lipinski definition) is 1. The van der Waals surface area contributed by atoms with Crippen LogP contribution in [0, 0.1) is 13.8 Å². The number of nitrogens with zero attached hydrogens (tertiary/aromatic N) is 2. The Morgan fingerprint density at radius 1 is 1.06 bits per heavy atom. The van der Waals surface area contributed by atoms with Crippen LogP contribution in [0.1, 0.15) is 11.4 Å². The van der Waals surface area contributed by atoms with Crippen LogP contribution in [0.15, 0.2) is 30.3 Å². The molecule has 17 heavy (non-hydrogen) atoms. The summed E-state index contributed by atoms with van der Waals surface area (Å²) in [6.45, 7) is 3.87. The molecule has 0 radical (unpaired) electrons. The van der Waals surface area contributed by atoms with E-state index in [1.807, 2.05) is 44.2 Å². The normalized spacial score (nSPS) is 9.59. The van der Waals surface area contributed by atoms with Crippen molar-refractivity contribution in [2.75, 3.05) is 5.32 Å². The third-order valence-corrected chi connectivity index (χ3v) is 2.43. The minimum Gasteiger partial charge on any atom is -0.323 e. The summed E-state index contributed by atoms with van der Waals surface area (Å²) < 4.78 is 0. The number of aromatic nitrogens is 2. The zero-order chi connectivity index (χ0) is 11.5. The Morgan fingerprint density at radius 3 is 2.24 bits per heavy atom. The maximum absolute atomic E-state index is 6.04. The largest absolute Gasteiger partial charge is 0.323 e. The lowest BCUT2D eigenvalue weighted by Gasteiger charge is -2.07. The average Bonchev–Trinajstić information content (AvgIpc) is 2.20. The highest BCUT2D eigenvalue weighted by molar-refractivity contribution is 6.33. The average molecular weight is 270 g/mol. The fourth-order valence-corrected chi connectivity index (χ4v) is 1.65. The lowest BCUT2D eigenvalue weighted by molar-refractivity contribution is 1.06. The zero-order valence-corrected chi connectivity index (χ0v) is 11.1. The second-order valence-electron chi connectivity index (χ2n) is 3.58. The predicted molar refractivity (Wildman–Crippen MR) is 73.5 cm³/mol. The molecule has 5 heteroatoms. The zero-order valence-electron chi connectivity index (χ0n) is 9.57. The molecule has 0 saturated carbocycles. The van der Waals surface area contributed by atoms with Gasteiger partial charge in [-0.15, -0.1) is 12.4 Å². The second kappa shape index (κ2) is 5.84. The summed E-state index contributed by atoms with van der Waals surface area (Å²) >= 11 is 6.04. The van der Waals surface area contributed by atoms with Crippen molar-refractivity contribution in [3.63, 3.8) is 0 Å². The summed E-state index contributed by atoms with van der Waals surface area (Å²) in [5.74, 6) is 0.575. The van der Waals surface area contributed by atoms with Gasteiger partial charge in [-0.2, -0.15) is 0 Å². The number of halogens is 2. The predicted octanol–water partition coefficient (Wildman–Crippen LogP) is 3.91. The third kappa shape index (κ3) is 3.58. The van der Waals surface area contributed by atoms with E-state index in [1.165, 1.54) is 0 Å². The van der Waals surface area contributed by atoms with Gasteiger partial charge in [0.25, 0.3) is 0 Å². The van der Waals surface area contributed by atoms with Crippen LogP contribution in [-0.2, 0) is 0 Å². The van der Waals surface area contributed by atoms with Gasteiger partial charge in [-0.3, -0.25) is 0 Å².